The van der Waals surface area contributed by atoms with E-state index in [4.69, 9.17) is 27.8 Å². The fraction of sp³-hybridized carbons (Fsp3) is 0.467. The van der Waals surface area contributed by atoms with E-state index >= 15 is 0 Å². The summed E-state index contributed by atoms with van der Waals surface area (Å²) < 4.78 is 5.38. The summed E-state index contributed by atoms with van der Waals surface area (Å²) in [5.41, 5.74) is 10.7. The van der Waals surface area contributed by atoms with Crippen molar-refractivity contribution in [3.63, 3.8) is 0 Å². The van der Waals surface area contributed by atoms with Gasteiger partial charge in [0.05, 0.1) is 5.92 Å². The number of nitrogens with zero attached hydrogens (tertiary/aromatic N) is 1. The summed E-state index contributed by atoms with van der Waals surface area (Å²) in [4.78, 5) is 16.1. The van der Waals surface area contributed by atoms with Crippen molar-refractivity contribution in [1.82, 2.24) is 0 Å². The molecule has 1 aliphatic carbocycles. The van der Waals surface area contributed by atoms with E-state index in [1.807, 2.05) is 0 Å². The SMILES string of the molecule is Cl.NC(N)=NCC1CCC(C(=O)Oc2ccc(Cl)cc2)CC1. The molecule has 0 atom stereocenters. The number of hydrogen-bond donors (Lipinski definition) is 2. The van der Waals surface area contributed by atoms with Crippen LogP contribution in [0.3, 0.4) is 0 Å². The molecule has 22 heavy (non-hydrogen) atoms. The van der Waals surface area contributed by atoms with Crippen molar-refractivity contribution < 1.29 is 9.53 Å². The monoisotopic (exact) mass is 345 g/mol. The van der Waals surface area contributed by atoms with Crippen LogP contribution in [-0.2, 0) is 4.79 Å². The van der Waals surface area contributed by atoms with Crippen LogP contribution in [0.2, 0.25) is 5.02 Å². The van der Waals surface area contributed by atoms with Crippen LogP contribution in [0.25, 0.3) is 0 Å². The molecule has 4 N–H and O–H groups in total. The van der Waals surface area contributed by atoms with Crippen LogP contribution < -0.4 is 16.2 Å². The van der Waals surface area contributed by atoms with Crippen LogP contribution in [0.15, 0.2) is 29.3 Å². The average Bonchev–Trinajstić information content (AvgIpc) is 2.48. The van der Waals surface area contributed by atoms with Gasteiger partial charge in [-0.1, -0.05) is 11.6 Å². The molecular weight excluding hydrogens is 325 g/mol. The summed E-state index contributed by atoms with van der Waals surface area (Å²) in [5, 5.41) is 0.620. The predicted octanol–water partition coefficient (Wildman–Crippen LogP) is 2.75. The summed E-state index contributed by atoms with van der Waals surface area (Å²) in [6, 6.07) is 6.81. The molecule has 122 valence electrons. The number of esters is 1. The second-order valence-corrected chi connectivity index (χ2v) is 5.79. The highest BCUT2D eigenvalue weighted by atomic mass is 35.5. The molecule has 1 fully saturated rings. The molecule has 1 aliphatic rings. The number of nitrogens with two attached hydrogens (primary N) is 2. The van der Waals surface area contributed by atoms with Crippen LogP contribution in [0.4, 0.5) is 0 Å². The number of halogens is 2. The van der Waals surface area contributed by atoms with E-state index in [0.717, 1.165) is 25.7 Å². The Morgan fingerprint density at radius 2 is 1.77 bits per heavy atom. The van der Waals surface area contributed by atoms with Crippen LogP contribution in [0.5, 0.6) is 5.75 Å². The van der Waals surface area contributed by atoms with Crippen molar-refractivity contribution in [3.05, 3.63) is 29.3 Å². The Morgan fingerprint density at radius 1 is 1.18 bits per heavy atom. The van der Waals surface area contributed by atoms with Crippen LogP contribution >= 0.6 is 24.0 Å². The van der Waals surface area contributed by atoms with Gasteiger partial charge in [0.2, 0.25) is 0 Å². The lowest BCUT2D eigenvalue weighted by Gasteiger charge is -2.26. The molecule has 5 nitrogen and oxygen atoms in total. The van der Waals surface area contributed by atoms with Crippen molar-refractivity contribution >= 4 is 35.9 Å². The third-order valence-corrected chi connectivity index (χ3v) is 4.00. The number of aliphatic imine (C=N–C) groups is 1. The molecular formula is C15H21Cl2N3O2. The minimum Gasteiger partial charge on any atom is -0.426 e. The molecule has 1 aromatic carbocycles. The van der Waals surface area contributed by atoms with E-state index in [1.165, 1.54) is 0 Å². The van der Waals surface area contributed by atoms with Gasteiger partial charge in [0.25, 0.3) is 0 Å². The third kappa shape index (κ3) is 5.73. The van der Waals surface area contributed by atoms with E-state index in [1.54, 1.807) is 24.3 Å². The number of ether oxygens (including phenoxy) is 1. The van der Waals surface area contributed by atoms with Crippen molar-refractivity contribution in [3.8, 4) is 5.75 Å². The minimum absolute atomic E-state index is 0. The quantitative estimate of drug-likeness (QED) is 0.380. The van der Waals surface area contributed by atoms with Crippen molar-refractivity contribution in [2.45, 2.75) is 25.7 Å². The molecule has 0 spiro atoms. The zero-order chi connectivity index (χ0) is 15.2. The van der Waals surface area contributed by atoms with Crippen LogP contribution in [0.1, 0.15) is 25.7 Å². The van der Waals surface area contributed by atoms with Gasteiger partial charge in [-0.05, 0) is 55.9 Å². The zero-order valence-corrected chi connectivity index (χ0v) is 13.8. The molecule has 0 radical (unpaired) electrons. The lowest BCUT2D eigenvalue weighted by molar-refractivity contribution is -0.140. The Kier molecular flexibility index (Phi) is 7.48. The van der Waals surface area contributed by atoms with Crippen molar-refractivity contribution in [1.29, 1.82) is 0 Å². The van der Waals surface area contributed by atoms with Gasteiger partial charge in [-0.2, -0.15) is 0 Å². The first-order chi connectivity index (χ1) is 10.0. The summed E-state index contributed by atoms with van der Waals surface area (Å²) in [7, 11) is 0. The number of hydrogen-bond acceptors (Lipinski definition) is 3. The molecule has 1 aromatic rings. The Balaban J connectivity index is 0.00000242. The number of carbonyl (C=O) groups is 1. The van der Waals surface area contributed by atoms with Crippen molar-refractivity contribution in [2.75, 3.05) is 6.54 Å². The highest BCUT2D eigenvalue weighted by molar-refractivity contribution is 6.30. The van der Waals surface area contributed by atoms with Gasteiger partial charge in [0.1, 0.15) is 5.75 Å². The number of carbonyl (C=O) groups excluding carboxylic acids is 1. The van der Waals surface area contributed by atoms with Gasteiger partial charge in [-0.3, -0.25) is 9.79 Å². The molecule has 0 heterocycles. The van der Waals surface area contributed by atoms with E-state index < -0.39 is 0 Å². The first-order valence-corrected chi connectivity index (χ1v) is 7.45. The van der Waals surface area contributed by atoms with Crippen LogP contribution in [0, 0.1) is 11.8 Å². The summed E-state index contributed by atoms with van der Waals surface area (Å²) in [5.74, 6) is 0.895. The Hall–Kier alpha value is -1.46. The van der Waals surface area contributed by atoms with E-state index in [2.05, 4.69) is 4.99 Å². The molecule has 0 unspecified atom stereocenters. The zero-order valence-electron chi connectivity index (χ0n) is 12.2. The molecule has 0 bridgehead atoms. The van der Waals surface area contributed by atoms with Gasteiger partial charge in [-0.15, -0.1) is 12.4 Å². The number of guanidine groups is 1. The van der Waals surface area contributed by atoms with Gasteiger partial charge in [-0.25, -0.2) is 0 Å². The van der Waals surface area contributed by atoms with Crippen molar-refractivity contribution in [2.24, 2.45) is 28.3 Å². The van der Waals surface area contributed by atoms with Gasteiger partial charge in [0.15, 0.2) is 5.96 Å². The number of rotatable bonds is 4. The lowest BCUT2D eigenvalue weighted by Crippen LogP contribution is -2.28. The maximum Gasteiger partial charge on any atom is 0.314 e. The molecule has 0 amide bonds. The first kappa shape index (κ1) is 18.6. The molecule has 2 rings (SSSR count). The maximum absolute atomic E-state index is 12.1. The van der Waals surface area contributed by atoms with E-state index in [-0.39, 0.29) is 30.3 Å². The second-order valence-electron chi connectivity index (χ2n) is 5.36. The third-order valence-electron chi connectivity index (χ3n) is 3.74. The average molecular weight is 346 g/mol. The topological polar surface area (TPSA) is 90.7 Å². The van der Waals surface area contributed by atoms with Gasteiger partial charge >= 0.3 is 5.97 Å². The van der Waals surface area contributed by atoms with Gasteiger partial charge < -0.3 is 16.2 Å². The first-order valence-electron chi connectivity index (χ1n) is 7.07. The minimum atomic E-state index is -0.169. The summed E-state index contributed by atoms with van der Waals surface area (Å²) in [6.07, 6.45) is 3.52. The normalized spacial score (nSPS) is 20.6. The molecule has 7 heteroatoms. The smallest absolute Gasteiger partial charge is 0.314 e. The maximum atomic E-state index is 12.1. The van der Waals surface area contributed by atoms with Gasteiger partial charge in [0, 0.05) is 11.6 Å². The van der Waals surface area contributed by atoms with E-state index in [9.17, 15) is 4.79 Å². The second kappa shape index (κ2) is 8.86. The lowest BCUT2D eigenvalue weighted by atomic mass is 9.82. The van der Waals surface area contributed by atoms with E-state index in [0.29, 0.717) is 23.2 Å². The highest BCUT2D eigenvalue weighted by Crippen LogP contribution is 2.30. The fourth-order valence-corrected chi connectivity index (χ4v) is 2.64. The highest BCUT2D eigenvalue weighted by Gasteiger charge is 2.27. The Bertz CT molecular complexity index is 508. The summed E-state index contributed by atoms with van der Waals surface area (Å²) >= 11 is 5.80. The molecule has 0 saturated heterocycles. The Morgan fingerprint density at radius 3 is 2.32 bits per heavy atom. The largest absolute Gasteiger partial charge is 0.426 e. The summed E-state index contributed by atoms with van der Waals surface area (Å²) in [6.45, 7) is 0.640. The Labute approximate surface area is 141 Å². The fourth-order valence-electron chi connectivity index (χ4n) is 2.52. The molecule has 0 aliphatic heterocycles. The molecule has 0 aromatic heterocycles. The predicted molar refractivity (Wildman–Crippen MR) is 90.5 cm³/mol. The van der Waals surface area contributed by atoms with Crippen LogP contribution in [-0.4, -0.2) is 18.5 Å². The standard InChI is InChI=1S/C15H20ClN3O2.ClH/c16-12-5-7-13(8-6-12)21-14(20)11-3-1-10(2-4-11)9-19-15(17)18;/h5-8,10-11H,1-4,9H2,(H4,17,18,19);1H. The molecule has 1 saturated carbocycles. The number of benzene rings is 1.